The molecule has 0 aliphatic rings. The van der Waals surface area contributed by atoms with Crippen LogP contribution < -0.4 is 9.84 Å². The molecule has 0 bridgehead atoms. The summed E-state index contributed by atoms with van der Waals surface area (Å²) in [6.07, 6.45) is 2.13. The molecule has 0 saturated heterocycles. The summed E-state index contributed by atoms with van der Waals surface area (Å²) in [5, 5.41) is 10.1. The highest BCUT2D eigenvalue weighted by Crippen LogP contribution is 2.12. The number of carboxylic acid groups (broad SMARTS) is 1. The first-order valence-corrected chi connectivity index (χ1v) is 4.64. The topological polar surface area (TPSA) is 49.4 Å². The Balaban J connectivity index is 2.50. The van der Waals surface area contributed by atoms with Crippen LogP contribution in [0.5, 0.6) is 5.75 Å². The Morgan fingerprint density at radius 2 is 2.00 bits per heavy atom. The average Bonchev–Trinajstić information content (AvgIpc) is 2.17. The van der Waals surface area contributed by atoms with Crippen molar-refractivity contribution in [3.8, 4) is 5.75 Å². The minimum Gasteiger partial charge on any atom is -0.546 e. The fraction of sp³-hybridized carbons (Fsp3) is 0.364. The maximum Gasteiger partial charge on any atom is 0.128 e. The lowest BCUT2D eigenvalue weighted by Crippen LogP contribution is -2.28. The Hall–Kier alpha value is -1.51. The molecular weight excluding hydrogens is 180 g/mol. The van der Waals surface area contributed by atoms with Crippen LogP contribution in [0.4, 0.5) is 0 Å². The Labute approximate surface area is 83.3 Å². The predicted molar refractivity (Wildman–Crippen MR) is 50.9 cm³/mol. The summed E-state index contributed by atoms with van der Waals surface area (Å²) >= 11 is 0. The molecule has 0 unspecified atom stereocenters. The van der Waals surface area contributed by atoms with Gasteiger partial charge in [0.15, 0.2) is 0 Å². The zero-order valence-electron chi connectivity index (χ0n) is 8.16. The minimum absolute atomic E-state index is 0.396. The molecule has 0 aromatic heterocycles. The summed E-state index contributed by atoms with van der Waals surface area (Å²) in [7, 11) is 0. The molecule has 0 atom stereocenters. The van der Waals surface area contributed by atoms with Gasteiger partial charge in [-0.3, -0.25) is 0 Å². The SMILES string of the molecule is CCCc1ccc(OCC(=O)[O-])cc1. The van der Waals surface area contributed by atoms with Crippen molar-refractivity contribution >= 4 is 5.97 Å². The molecule has 0 radical (unpaired) electrons. The van der Waals surface area contributed by atoms with Gasteiger partial charge in [-0.15, -0.1) is 0 Å². The molecule has 0 amide bonds. The maximum absolute atomic E-state index is 10.1. The number of carbonyl (C=O) groups excluding carboxylic acids is 1. The maximum atomic E-state index is 10.1. The van der Waals surface area contributed by atoms with Gasteiger partial charge in [0.25, 0.3) is 0 Å². The molecule has 3 heteroatoms. The number of aryl methyl sites for hydroxylation is 1. The largest absolute Gasteiger partial charge is 0.546 e. The molecule has 1 aromatic rings. The summed E-state index contributed by atoms with van der Waals surface area (Å²) < 4.78 is 4.94. The van der Waals surface area contributed by atoms with E-state index < -0.39 is 12.6 Å². The molecule has 1 aromatic carbocycles. The molecule has 0 heterocycles. The predicted octanol–water partition coefficient (Wildman–Crippen LogP) is 0.768. The number of carboxylic acids is 1. The second-order valence-corrected chi connectivity index (χ2v) is 3.05. The molecule has 1 rings (SSSR count). The van der Waals surface area contributed by atoms with Gasteiger partial charge in [0.1, 0.15) is 12.4 Å². The number of carbonyl (C=O) groups is 1. The molecule has 76 valence electrons. The average molecular weight is 193 g/mol. The van der Waals surface area contributed by atoms with Crippen LogP contribution in [0.25, 0.3) is 0 Å². The molecule has 0 aliphatic heterocycles. The third-order valence-corrected chi connectivity index (χ3v) is 1.82. The molecule has 0 spiro atoms. The van der Waals surface area contributed by atoms with Crippen LogP contribution in [-0.2, 0) is 11.2 Å². The number of benzene rings is 1. The van der Waals surface area contributed by atoms with Gasteiger partial charge in [-0.25, -0.2) is 0 Å². The lowest BCUT2D eigenvalue weighted by atomic mass is 10.1. The molecule has 0 fully saturated rings. The Kier molecular flexibility index (Phi) is 3.98. The monoisotopic (exact) mass is 193 g/mol. The van der Waals surface area contributed by atoms with Gasteiger partial charge in [-0.1, -0.05) is 25.5 Å². The van der Waals surface area contributed by atoms with Gasteiger partial charge in [0.2, 0.25) is 0 Å². The zero-order valence-corrected chi connectivity index (χ0v) is 8.16. The summed E-state index contributed by atoms with van der Waals surface area (Å²) in [4.78, 5) is 10.1. The molecular formula is C11H13O3-. The van der Waals surface area contributed by atoms with E-state index in [1.165, 1.54) is 5.56 Å². The Morgan fingerprint density at radius 1 is 1.36 bits per heavy atom. The van der Waals surface area contributed by atoms with E-state index in [2.05, 4.69) is 6.92 Å². The fourth-order valence-electron chi connectivity index (χ4n) is 1.18. The van der Waals surface area contributed by atoms with Crippen molar-refractivity contribution in [1.29, 1.82) is 0 Å². The smallest absolute Gasteiger partial charge is 0.128 e. The third-order valence-electron chi connectivity index (χ3n) is 1.82. The summed E-state index contributed by atoms with van der Waals surface area (Å²) in [5.41, 5.74) is 1.23. The molecule has 3 nitrogen and oxygen atoms in total. The van der Waals surface area contributed by atoms with Gasteiger partial charge in [0, 0.05) is 0 Å². The lowest BCUT2D eigenvalue weighted by Gasteiger charge is -2.07. The van der Waals surface area contributed by atoms with Crippen molar-refractivity contribution in [1.82, 2.24) is 0 Å². The number of rotatable bonds is 5. The number of ether oxygens (including phenoxy) is 1. The van der Waals surface area contributed by atoms with Crippen molar-refractivity contribution in [2.24, 2.45) is 0 Å². The van der Waals surface area contributed by atoms with Crippen LogP contribution >= 0.6 is 0 Å². The van der Waals surface area contributed by atoms with Crippen molar-refractivity contribution in [2.45, 2.75) is 19.8 Å². The normalized spacial score (nSPS) is 9.79. The van der Waals surface area contributed by atoms with Crippen LogP contribution in [0.15, 0.2) is 24.3 Å². The molecule has 0 saturated carbocycles. The van der Waals surface area contributed by atoms with E-state index in [-0.39, 0.29) is 0 Å². The Morgan fingerprint density at radius 3 is 2.50 bits per heavy atom. The quantitative estimate of drug-likeness (QED) is 0.694. The van der Waals surface area contributed by atoms with Gasteiger partial charge >= 0.3 is 0 Å². The summed E-state index contributed by atoms with van der Waals surface area (Å²) in [6, 6.07) is 7.42. The van der Waals surface area contributed by atoms with E-state index in [9.17, 15) is 9.90 Å². The highest BCUT2D eigenvalue weighted by Gasteiger charge is 1.94. The van der Waals surface area contributed by atoms with Crippen molar-refractivity contribution in [3.05, 3.63) is 29.8 Å². The van der Waals surface area contributed by atoms with Crippen molar-refractivity contribution < 1.29 is 14.6 Å². The van der Waals surface area contributed by atoms with Crippen LogP contribution in [0.3, 0.4) is 0 Å². The number of hydrogen-bond donors (Lipinski definition) is 0. The standard InChI is InChI=1S/C11H14O3/c1-2-3-9-4-6-10(7-5-9)14-8-11(12)13/h4-7H,2-3,8H2,1H3,(H,12,13)/p-1. The van der Waals surface area contributed by atoms with E-state index in [0.29, 0.717) is 5.75 Å². The second-order valence-electron chi connectivity index (χ2n) is 3.05. The minimum atomic E-state index is -1.21. The van der Waals surface area contributed by atoms with Crippen LogP contribution in [-0.4, -0.2) is 12.6 Å². The van der Waals surface area contributed by atoms with E-state index in [4.69, 9.17) is 4.74 Å². The van der Waals surface area contributed by atoms with E-state index >= 15 is 0 Å². The molecule has 0 aliphatic carbocycles. The van der Waals surface area contributed by atoms with Crippen molar-refractivity contribution in [3.63, 3.8) is 0 Å². The first kappa shape index (κ1) is 10.6. The first-order valence-electron chi connectivity index (χ1n) is 4.64. The highest BCUT2D eigenvalue weighted by molar-refractivity contribution is 5.66. The summed E-state index contributed by atoms with van der Waals surface area (Å²) in [6.45, 7) is 1.72. The fourth-order valence-corrected chi connectivity index (χ4v) is 1.18. The summed E-state index contributed by atoms with van der Waals surface area (Å²) in [5.74, 6) is -0.642. The van der Waals surface area contributed by atoms with Gasteiger partial charge in [0.05, 0.1) is 5.97 Å². The number of hydrogen-bond acceptors (Lipinski definition) is 3. The van der Waals surface area contributed by atoms with E-state index in [1.807, 2.05) is 12.1 Å². The molecule has 0 N–H and O–H groups in total. The van der Waals surface area contributed by atoms with Gasteiger partial charge in [-0.05, 0) is 24.1 Å². The van der Waals surface area contributed by atoms with Crippen LogP contribution in [0.2, 0.25) is 0 Å². The third kappa shape index (κ3) is 3.47. The lowest BCUT2D eigenvalue weighted by molar-refractivity contribution is -0.307. The van der Waals surface area contributed by atoms with Gasteiger partial charge in [-0.2, -0.15) is 0 Å². The second kappa shape index (κ2) is 5.27. The van der Waals surface area contributed by atoms with Crippen LogP contribution in [0.1, 0.15) is 18.9 Å². The van der Waals surface area contributed by atoms with Crippen molar-refractivity contribution in [2.75, 3.05) is 6.61 Å². The van der Waals surface area contributed by atoms with E-state index in [1.54, 1.807) is 12.1 Å². The van der Waals surface area contributed by atoms with E-state index in [0.717, 1.165) is 12.8 Å². The first-order chi connectivity index (χ1) is 6.72. The number of aliphatic carboxylic acids is 1. The van der Waals surface area contributed by atoms with Crippen LogP contribution in [0, 0.1) is 0 Å². The van der Waals surface area contributed by atoms with Gasteiger partial charge < -0.3 is 14.6 Å². The highest BCUT2D eigenvalue weighted by atomic mass is 16.5. The molecule has 14 heavy (non-hydrogen) atoms. The Bertz CT molecular complexity index is 290. The zero-order chi connectivity index (χ0) is 10.4.